The first-order chi connectivity index (χ1) is 8.27. The average Bonchev–Trinajstić information content (AvgIpc) is 2.40. The summed E-state index contributed by atoms with van der Waals surface area (Å²) in [7, 11) is -1.21. The molecular formula is C12H15NO2S2. The zero-order valence-corrected chi connectivity index (χ0v) is 11.1. The molecule has 1 aromatic carbocycles. The Morgan fingerprint density at radius 2 is 1.88 bits per heavy atom. The summed E-state index contributed by atoms with van der Waals surface area (Å²) < 4.78 is 12.0. The van der Waals surface area contributed by atoms with Crippen LogP contribution < -0.4 is 0 Å². The molecule has 1 aromatic rings. The Labute approximate surface area is 108 Å². The fourth-order valence-corrected chi connectivity index (χ4v) is 3.61. The SMILES string of the molecule is O=C(CS(=O)c1ccccc1)N1CCSCC1. The normalized spacial score (nSPS) is 17.8. The van der Waals surface area contributed by atoms with Crippen molar-refractivity contribution in [3.63, 3.8) is 0 Å². The second kappa shape index (κ2) is 6.21. The third-order valence-electron chi connectivity index (χ3n) is 2.62. The largest absolute Gasteiger partial charge is 0.340 e. The van der Waals surface area contributed by atoms with Crippen molar-refractivity contribution in [3.05, 3.63) is 30.3 Å². The van der Waals surface area contributed by atoms with Gasteiger partial charge in [-0.25, -0.2) is 0 Å². The molecule has 0 aromatic heterocycles. The standard InChI is InChI=1S/C12H15NO2S2/c14-12(13-6-8-16-9-7-13)10-17(15)11-4-2-1-3-5-11/h1-5H,6-10H2. The van der Waals surface area contributed by atoms with Crippen LogP contribution in [-0.4, -0.2) is 45.4 Å². The maximum absolute atomic E-state index is 12.0. The van der Waals surface area contributed by atoms with E-state index in [1.807, 2.05) is 34.9 Å². The van der Waals surface area contributed by atoms with Crippen LogP contribution in [0.4, 0.5) is 0 Å². The fraction of sp³-hybridized carbons (Fsp3) is 0.417. The summed E-state index contributed by atoms with van der Waals surface area (Å²) in [4.78, 5) is 14.5. The summed E-state index contributed by atoms with van der Waals surface area (Å²) >= 11 is 1.86. The summed E-state index contributed by atoms with van der Waals surface area (Å²) in [5.74, 6) is 2.09. The number of benzene rings is 1. The molecular weight excluding hydrogens is 254 g/mol. The van der Waals surface area contributed by atoms with E-state index in [-0.39, 0.29) is 11.7 Å². The van der Waals surface area contributed by atoms with Gasteiger partial charge in [0.1, 0.15) is 5.75 Å². The van der Waals surface area contributed by atoms with Gasteiger partial charge in [0, 0.05) is 29.5 Å². The van der Waals surface area contributed by atoms with Crippen molar-refractivity contribution in [2.45, 2.75) is 4.90 Å². The van der Waals surface area contributed by atoms with Gasteiger partial charge in [-0.05, 0) is 12.1 Å². The lowest BCUT2D eigenvalue weighted by Gasteiger charge is -2.26. The van der Waals surface area contributed by atoms with Gasteiger partial charge in [-0.15, -0.1) is 0 Å². The Morgan fingerprint density at radius 3 is 2.53 bits per heavy atom. The maximum Gasteiger partial charge on any atom is 0.235 e. The van der Waals surface area contributed by atoms with Gasteiger partial charge < -0.3 is 4.90 Å². The molecule has 1 amide bonds. The zero-order chi connectivity index (χ0) is 12.1. The second-order valence-corrected chi connectivity index (χ2v) is 6.47. The second-order valence-electron chi connectivity index (χ2n) is 3.80. The Hall–Kier alpha value is -0.810. The third kappa shape index (κ3) is 3.57. The fourth-order valence-electron chi connectivity index (χ4n) is 1.67. The van der Waals surface area contributed by atoms with E-state index in [4.69, 9.17) is 0 Å². The number of carbonyl (C=O) groups excluding carboxylic acids is 1. The van der Waals surface area contributed by atoms with E-state index in [1.54, 1.807) is 12.1 Å². The highest BCUT2D eigenvalue weighted by Crippen LogP contribution is 2.11. The molecule has 1 fully saturated rings. The molecule has 1 unspecified atom stereocenters. The minimum atomic E-state index is -1.21. The predicted octanol–water partition coefficient (Wildman–Crippen LogP) is 1.37. The van der Waals surface area contributed by atoms with Gasteiger partial charge in [-0.1, -0.05) is 18.2 Å². The van der Waals surface area contributed by atoms with Crippen molar-refractivity contribution in [2.75, 3.05) is 30.3 Å². The van der Waals surface area contributed by atoms with Gasteiger partial charge in [-0.3, -0.25) is 9.00 Å². The van der Waals surface area contributed by atoms with E-state index in [1.165, 1.54) is 0 Å². The molecule has 92 valence electrons. The Bertz CT molecular complexity index is 402. The Balaban J connectivity index is 1.92. The predicted molar refractivity (Wildman–Crippen MR) is 71.6 cm³/mol. The van der Waals surface area contributed by atoms with E-state index >= 15 is 0 Å². The van der Waals surface area contributed by atoms with Crippen LogP contribution >= 0.6 is 11.8 Å². The molecule has 0 spiro atoms. The molecule has 0 saturated carbocycles. The van der Waals surface area contributed by atoms with Crippen molar-refractivity contribution in [2.24, 2.45) is 0 Å². The minimum absolute atomic E-state index is 0.00693. The summed E-state index contributed by atoms with van der Waals surface area (Å²) in [6.45, 7) is 1.57. The summed E-state index contributed by atoms with van der Waals surface area (Å²) in [6, 6.07) is 9.17. The Kier molecular flexibility index (Phi) is 4.62. The van der Waals surface area contributed by atoms with Crippen LogP contribution in [0.25, 0.3) is 0 Å². The summed E-state index contributed by atoms with van der Waals surface area (Å²) in [5, 5.41) is 0. The van der Waals surface area contributed by atoms with Crippen LogP contribution in [0.1, 0.15) is 0 Å². The number of nitrogens with zero attached hydrogens (tertiary/aromatic N) is 1. The highest BCUT2D eigenvalue weighted by atomic mass is 32.2. The molecule has 3 nitrogen and oxygen atoms in total. The number of thioether (sulfide) groups is 1. The first-order valence-electron chi connectivity index (χ1n) is 5.56. The van der Waals surface area contributed by atoms with Crippen LogP contribution in [0.3, 0.4) is 0 Å². The molecule has 0 N–H and O–H groups in total. The van der Waals surface area contributed by atoms with Gasteiger partial charge in [0.05, 0.1) is 10.8 Å². The highest BCUT2D eigenvalue weighted by molar-refractivity contribution is 7.99. The van der Waals surface area contributed by atoms with Gasteiger partial charge >= 0.3 is 0 Å². The molecule has 1 atom stereocenters. The zero-order valence-electron chi connectivity index (χ0n) is 9.50. The molecule has 5 heteroatoms. The molecule has 0 radical (unpaired) electrons. The number of carbonyl (C=O) groups is 1. The molecule has 1 saturated heterocycles. The van der Waals surface area contributed by atoms with Gasteiger partial charge in [0.15, 0.2) is 0 Å². The molecule has 1 heterocycles. The molecule has 17 heavy (non-hydrogen) atoms. The van der Waals surface area contributed by atoms with Gasteiger partial charge in [-0.2, -0.15) is 11.8 Å². The number of hydrogen-bond donors (Lipinski definition) is 0. The molecule has 0 bridgehead atoms. The summed E-state index contributed by atoms with van der Waals surface area (Å²) in [5.41, 5.74) is 0. The van der Waals surface area contributed by atoms with Crippen molar-refractivity contribution in [1.29, 1.82) is 0 Å². The van der Waals surface area contributed by atoms with E-state index in [0.29, 0.717) is 0 Å². The van der Waals surface area contributed by atoms with Crippen LogP contribution in [0.15, 0.2) is 35.2 Å². The molecule has 1 aliphatic heterocycles. The highest BCUT2D eigenvalue weighted by Gasteiger charge is 2.19. The van der Waals surface area contributed by atoms with E-state index in [2.05, 4.69) is 0 Å². The lowest BCUT2D eigenvalue weighted by atomic mass is 10.4. The number of hydrogen-bond acceptors (Lipinski definition) is 3. The van der Waals surface area contributed by atoms with Crippen LogP contribution in [0.5, 0.6) is 0 Å². The molecule has 0 aliphatic carbocycles. The van der Waals surface area contributed by atoms with Crippen molar-refractivity contribution in [3.8, 4) is 0 Å². The first-order valence-corrected chi connectivity index (χ1v) is 8.03. The topological polar surface area (TPSA) is 37.4 Å². The van der Waals surface area contributed by atoms with Crippen LogP contribution in [0, 0.1) is 0 Å². The smallest absolute Gasteiger partial charge is 0.235 e. The van der Waals surface area contributed by atoms with Crippen LogP contribution in [-0.2, 0) is 15.6 Å². The van der Waals surface area contributed by atoms with E-state index in [9.17, 15) is 9.00 Å². The minimum Gasteiger partial charge on any atom is -0.340 e. The van der Waals surface area contributed by atoms with Crippen molar-refractivity contribution < 1.29 is 9.00 Å². The lowest BCUT2D eigenvalue weighted by Crippen LogP contribution is -2.40. The lowest BCUT2D eigenvalue weighted by molar-refractivity contribution is -0.128. The maximum atomic E-state index is 12.0. The van der Waals surface area contributed by atoms with Crippen LogP contribution in [0.2, 0.25) is 0 Å². The van der Waals surface area contributed by atoms with Gasteiger partial charge in [0.2, 0.25) is 5.91 Å². The molecule has 2 rings (SSSR count). The summed E-state index contributed by atoms with van der Waals surface area (Å²) in [6.07, 6.45) is 0. The average molecular weight is 269 g/mol. The number of rotatable bonds is 3. The van der Waals surface area contributed by atoms with Crippen molar-refractivity contribution >= 4 is 28.5 Å². The van der Waals surface area contributed by atoms with Gasteiger partial charge in [0.25, 0.3) is 0 Å². The van der Waals surface area contributed by atoms with E-state index < -0.39 is 10.8 Å². The van der Waals surface area contributed by atoms with Crippen molar-refractivity contribution in [1.82, 2.24) is 4.90 Å². The van der Waals surface area contributed by atoms with E-state index in [0.717, 1.165) is 29.5 Å². The number of amides is 1. The first kappa shape index (κ1) is 12.6. The molecule has 1 aliphatic rings. The quantitative estimate of drug-likeness (QED) is 0.832. The third-order valence-corrected chi connectivity index (χ3v) is 4.87. The monoisotopic (exact) mass is 269 g/mol. The Morgan fingerprint density at radius 1 is 1.24 bits per heavy atom.